The van der Waals surface area contributed by atoms with Crippen molar-refractivity contribution in [3.8, 4) is 0 Å². The molecule has 1 unspecified atom stereocenters. The minimum Gasteiger partial charge on any atom is -0.423 e. The number of aliphatic hydroxyl groups is 2. The van der Waals surface area contributed by atoms with E-state index in [1.165, 1.54) is 27.8 Å². The lowest BCUT2D eigenvalue weighted by molar-refractivity contribution is -0.0918. The molecule has 39 heavy (non-hydrogen) atoms. The third-order valence-corrected chi connectivity index (χ3v) is 10.1. The molecule has 4 heteroatoms. The van der Waals surface area contributed by atoms with Crippen LogP contribution in [0.15, 0.2) is 48.6 Å². The van der Waals surface area contributed by atoms with Gasteiger partial charge < -0.3 is 14.9 Å². The number of hydrogen-bond donors (Lipinski definition) is 2. The molecule has 0 bridgehead atoms. The minimum absolute atomic E-state index is 0.0705. The molecule has 0 radical (unpaired) electrons. The summed E-state index contributed by atoms with van der Waals surface area (Å²) < 4.78 is 6.37. The van der Waals surface area contributed by atoms with Crippen molar-refractivity contribution in [1.82, 2.24) is 0 Å². The molecule has 0 aliphatic heterocycles. The largest absolute Gasteiger partial charge is 0.423 e. The lowest BCUT2D eigenvalue weighted by Crippen LogP contribution is -2.52. The van der Waals surface area contributed by atoms with Crippen molar-refractivity contribution in [2.75, 3.05) is 0 Å². The maximum atomic E-state index is 11.2. The van der Waals surface area contributed by atoms with E-state index in [9.17, 15) is 10.2 Å². The predicted octanol–water partition coefficient (Wildman–Crippen LogP) is 7.60. The Balaban J connectivity index is 1.87. The van der Waals surface area contributed by atoms with Gasteiger partial charge in [-0.15, -0.1) is 0 Å². The average Bonchev–Trinajstić information content (AvgIpc) is 2.85. The fraction of sp³-hybridized carbons (Fsp3) is 0.600. The summed E-state index contributed by atoms with van der Waals surface area (Å²) in [6.07, 6.45) is 7.68. The van der Waals surface area contributed by atoms with Crippen LogP contribution in [-0.4, -0.2) is 33.9 Å². The molecule has 1 aliphatic carbocycles. The van der Waals surface area contributed by atoms with Gasteiger partial charge in [0.15, 0.2) is 0 Å². The molecular formula is C35H53BO3. The molecule has 0 aromatic heterocycles. The van der Waals surface area contributed by atoms with Gasteiger partial charge in [0.1, 0.15) is 0 Å². The van der Waals surface area contributed by atoms with Crippen LogP contribution in [0.5, 0.6) is 0 Å². The van der Waals surface area contributed by atoms with E-state index in [1.54, 1.807) is 13.8 Å². The van der Waals surface area contributed by atoms with Gasteiger partial charge in [-0.3, -0.25) is 0 Å². The molecule has 0 heterocycles. The first-order valence-corrected chi connectivity index (χ1v) is 15.1. The zero-order valence-electron chi connectivity index (χ0n) is 26.2. The highest BCUT2D eigenvalue weighted by atomic mass is 16.5. The van der Waals surface area contributed by atoms with Crippen LogP contribution in [0.25, 0.3) is 0 Å². The third-order valence-electron chi connectivity index (χ3n) is 10.1. The van der Waals surface area contributed by atoms with Crippen molar-refractivity contribution in [2.24, 2.45) is 0 Å². The summed E-state index contributed by atoms with van der Waals surface area (Å²) in [5.41, 5.74) is 6.30. The molecule has 3 rings (SSSR count). The van der Waals surface area contributed by atoms with Gasteiger partial charge in [-0.1, -0.05) is 69.2 Å². The Morgan fingerprint density at radius 2 is 1.54 bits per heavy atom. The molecule has 0 amide bonds. The van der Waals surface area contributed by atoms with E-state index < -0.39 is 16.8 Å². The zero-order valence-corrected chi connectivity index (χ0v) is 26.2. The van der Waals surface area contributed by atoms with E-state index in [4.69, 9.17) is 4.65 Å². The third kappa shape index (κ3) is 6.55. The predicted molar refractivity (Wildman–Crippen MR) is 167 cm³/mol. The highest BCUT2D eigenvalue weighted by molar-refractivity contribution is 6.66. The van der Waals surface area contributed by atoms with Gasteiger partial charge in [-0.05, 0) is 126 Å². The first-order valence-electron chi connectivity index (χ1n) is 15.1. The summed E-state index contributed by atoms with van der Waals surface area (Å²) in [4.78, 5) is 0. The van der Waals surface area contributed by atoms with Gasteiger partial charge in [0.25, 0.3) is 0 Å². The topological polar surface area (TPSA) is 49.7 Å². The second-order valence-corrected chi connectivity index (χ2v) is 13.2. The van der Waals surface area contributed by atoms with Gasteiger partial charge in [0.2, 0.25) is 0 Å². The van der Waals surface area contributed by atoms with Crippen LogP contribution in [-0.2, 0) is 16.5 Å². The summed E-state index contributed by atoms with van der Waals surface area (Å²) in [5, 5.41) is 21.7. The normalized spacial score (nSPS) is 18.9. The lowest BCUT2D eigenvalue weighted by Gasteiger charge is -2.39. The summed E-state index contributed by atoms with van der Waals surface area (Å²) in [6.45, 7) is 22.6. The molecule has 1 aliphatic rings. The Morgan fingerprint density at radius 1 is 0.949 bits per heavy atom. The van der Waals surface area contributed by atoms with Crippen LogP contribution in [0, 0.1) is 13.8 Å². The Labute approximate surface area is 239 Å². The van der Waals surface area contributed by atoms with Crippen LogP contribution in [0.1, 0.15) is 114 Å². The molecule has 2 aromatic carbocycles. The molecule has 2 N–H and O–H groups in total. The summed E-state index contributed by atoms with van der Waals surface area (Å²) >= 11 is 0. The molecule has 0 saturated heterocycles. The number of aryl methyl sites for hydroxylation is 3. The second kappa shape index (κ2) is 11.9. The summed E-state index contributed by atoms with van der Waals surface area (Å²) in [7, 11) is 0. The molecule has 3 nitrogen and oxygen atoms in total. The van der Waals surface area contributed by atoms with Crippen molar-refractivity contribution in [3.63, 3.8) is 0 Å². The second-order valence-electron chi connectivity index (χ2n) is 13.2. The summed E-state index contributed by atoms with van der Waals surface area (Å²) in [6, 6.07) is 13.8. The van der Waals surface area contributed by atoms with Crippen LogP contribution in [0.4, 0.5) is 0 Å². The quantitative estimate of drug-likeness (QED) is 0.231. The van der Waals surface area contributed by atoms with E-state index in [-0.39, 0.29) is 12.3 Å². The van der Waals surface area contributed by atoms with Crippen LogP contribution in [0.3, 0.4) is 0 Å². The Morgan fingerprint density at radius 3 is 2.05 bits per heavy atom. The van der Waals surface area contributed by atoms with E-state index in [1.807, 2.05) is 13.8 Å². The fourth-order valence-electron chi connectivity index (χ4n) is 6.39. The Hall–Kier alpha value is -1.88. The number of benzene rings is 2. The average molecular weight is 533 g/mol. The van der Waals surface area contributed by atoms with Crippen molar-refractivity contribution in [2.45, 2.75) is 136 Å². The Bertz CT molecular complexity index is 1150. The highest BCUT2D eigenvalue weighted by Crippen LogP contribution is 2.41. The van der Waals surface area contributed by atoms with Crippen LogP contribution >= 0.6 is 0 Å². The number of rotatable bonds is 11. The zero-order chi connectivity index (χ0) is 29.2. The van der Waals surface area contributed by atoms with Crippen molar-refractivity contribution in [1.29, 1.82) is 0 Å². The highest BCUT2D eigenvalue weighted by Gasteiger charge is 2.39. The molecule has 1 fully saturated rings. The Kier molecular flexibility index (Phi) is 9.68. The van der Waals surface area contributed by atoms with Crippen molar-refractivity contribution in [3.05, 3.63) is 76.4 Å². The SMILES string of the molecule is C=C1CCCCC1(O)CCc1ccc(C(CC)(CC)c2ccc(B(C)OC(C)(C)C(C)(C)O)c(C)c2)cc1C. The van der Waals surface area contributed by atoms with Crippen LogP contribution < -0.4 is 5.46 Å². The molecule has 1 saturated carbocycles. The smallest absolute Gasteiger partial charge is 0.324 e. The molecule has 2 aromatic rings. The van der Waals surface area contributed by atoms with E-state index in [0.717, 1.165) is 62.4 Å². The number of hydrogen-bond acceptors (Lipinski definition) is 3. The van der Waals surface area contributed by atoms with Gasteiger partial charge in [-0.25, -0.2) is 0 Å². The van der Waals surface area contributed by atoms with Crippen LogP contribution in [0.2, 0.25) is 6.82 Å². The monoisotopic (exact) mass is 532 g/mol. The standard InChI is InChI=1S/C35H53BO3/c1-11-34(12-2,30-18-19-31(26(4)24-30)36(10)39-33(8,9)32(6,7)37)29-17-16-28(25(3)23-29)20-22-35(38)21-14-13-15-27(35)5/h16-19,23-24,37-38H,5,11-15,20-22H2,1-4,6-10H3. The van der Waals surface area contributed by atoms with Gasteiger partial charge in [-0.2, -0.15) is 0 Å². The lowest BCUT2D eigenvalue weighted by atomic mass is 9.60. The van der Waals surface area contributed by atoms with E-state index in [0.29, 0.717) is 0 Å². The van der Waals surface area contributed by atoms with Gasteiger partial charge in [0, 0.05) is 5.41 Å². The van der Waals surface area contributed by atoms with E-state index in [2.05, 4.69) is 77.5 Å². The first kappa shape index (κ1) is 31.6. The summed E-state index contributed by atoms with van der Waals surface area (Å²) in [5.74, 6) is 0. The van der Waals surface area contributed by atoms with E-state index >= 15 is 0 Å². The molecule has 1 atom stereocenters. The van der Waals surface area contributed by atoms with Crippen molar-refractivity contribution >= 4 is 12.4 Å². The molecular weight excluding hydrogens is 479 g/mol. The maximum absolute atomic E-state index is 11.2. The van der Waals surface area contributed by atoms with Gasteiger partial charge in [0.05, 0.1) is 16.8 Å². The van der Waals surface area contributed by atoms with Crippen molar-refractivity contribution < 1.29 is 14.9 Å². The maximum Gasteiger partial charge on any atom is 0.324 e. The van der Waals surface area contributed by atoms with Gasteiger partial charge >= 0.3 is 6.92 Å². The first-order chi connectivity index (χ1) is 18.1. The molecule has 214 valence electrons. The molecule has 0 spiro atoms. The minimum atomic E-state index is -0.944. The fourth-order valence-corrected chi connectivity index (χ4v) is 6.39.